The molecule has 0 aliphatic rings. The van der Waals surface area contributed by atoms with Gasteiger partial charge in [0.2, 0.25) is 0 Å². The molecule has 0 radical (unpaired) electrons. The molecule has 108 valence electrons. The van der Waals surface area contributed by atoms with E-state index in [1.54, 1.807) is 12.4 Å². The normalized spacial score (nSPS) is 13.6. The van der Waals surface area contributed by atoms with Crippen LogP contribution in [0.5, 0.6) is 5.75 Å². The van der Waals surface area contributed by atoms with Gasteiger partial charge in [0.15, 0.2) is 0 Å². The molecule has 0 fully saturated rings. The van der Waals surface area contributed by atoms with Crippen molar-refractivity contribution in [3.05, 3.63) is 24.0 Å². The van der Waals surface area contributed by atoms with Gasteiger partial charge in [-0.05, 0) is 39.9 Å². The molecular formula is C15H26N2O2. The Morgan fingerprint density at radius 1 is 1.26 bits per heavy atom. The van der Waals surface area contributed by atoms with Crippen LogP contribution in [0.15, 0.2) is 18.5 Å². The first-order valence-electron chi connectivity index (χ1n) is 6.95. The summed E-state index contributed by atoms with van der Waals surface area (Å²) in [7, 11) is 4.02. The maximum Gasteiger partial charge on any atom is 0.137 e. The Bertz CT molecular complexity index is 389. The van der Waals surface area contributed by atoms with E-state index in [4.69, 9.17) is 4.74 Å². The topological polar surface area (TPSA) is 45.6 Å². The number of hydrogen-bond acceptors (Lipinski definition) is 4. The van der Waals surface area contributed by atoms with Gasteiger partial charge in [-0.25, -0.2) is 0 Å². The summed E-state index contributed by atoms with van der Waals surface area (Å²) >= 11 is 0. The number of aromatic nitrogens is 1. The minimum atomic E-state index is -0.578. The van der Waals surface area contributed by atoms with Crippen LogP contribution in [0, 0.1) is 0 Å². The van der Waals surface area contributed by atoms with Crippen LogP contribution >= 0.6 is 0 Å². The molecule has 1 atom stereocenters. The molecule has 0 saturated carbocycles. The van der Waals surface area contributed by atoms with Crippen LogP contribution in [-0.2, 0) is 0 Å². The number of likely N-dealkylation sites (N-methyl/N-ethyl adjacent to an activating group) is 1. The van der Waals surface area contributed by atoms with Crippen molar-refractivity contribution in [1.29, 1.82) is 0 Å². The fourth-order valence-corrected chi connectivity index (χ4v) is 2.65. The van der Waals surface area contributed by atoms with Crippen LogP contribution in [0.1, 0.15) is 45.3 Å². The van der Waals surface area contributed by atoms with E-state index in [9.17, 15) is 5.11 Å². The van der Waals surface area contributed by atoms with Crippen molar-refractivity contribution >= 4 is 0 Å². The quantitative estimate of drug-likeness (QED) is 0.824. The molecule has 1 aromatic rings. The van der Waals surface area contributed by atoms with Crippen LogP contribution in [0.25, 0.3) is 0 Å². The first-order valence-corrected chi connectivity index (χ1v) is 6.95. The zero-order valence-corrected chi connectivity index (χ0v) is 12.7. The predicted molar refractivity (Wildman–Crippen MR) is 77.4 cm³/mol. The number of nitrogens with zero attached hydrogens (tertiary/aromatic N) is 2. The first kappa shape index (κ1) is 15.9. The van der Waals surface area contributed by atoms with Crippen molar-refractivity contribution in [1.82, 2.24) is 9.88 Å². The molecule has 4 nitrogen and oxygen atoms in total. The van der Waals surface area contributed by atoms with Gasteiger partial charge < -0.3 is 14.7 Å². The highest BCUT2D eigenvalue weighted by Gasteiger charge is 2.37. The van der Waals surface area contributed by atoms with E-state index in [1.807, 2.05) is 27.1 Å². The highest BCUT2D eigenvalue weighted by molar-refractivity contribution is 5.27. The lowest BCUT2D eigenvalue weighted by molar-refractivity contribution is -0.0152. The fourth-order valence-electron chi connectivity index (χ4n) is 2.65. The van der Waals surface area contributed by atoms with E-state index in [1.165, 1.54) is 0 Å². The van der Waals surface area contributed by atoms with Crippen molar-refractivity contribution in [2.75, 3.05) is 20.7 Å². The molecule has 1 rings (SSSR count). The van der Waals surface area contributed by atoms with E-state index < -0.39 is 6.10 Å². The molecule has 0 aliphatic carbocycles. The van der Waals surface area contributed by atoms with Crippen molar-refractivity contribution in [3.8, 4) is 5.75 Å². The molecule has 0 aromatic carbocycles. The number of hydrogen-bond donors (Lipinski definition) is 1. The van der Waals surface area contributed by atoms with Gasteiger partial charge >= 0.3 is 0 Å². The number of ether oxygens (including phenoxy) is 1. The van der Waals surface area contributed by atoms with Crippen LogP contribution in [0.2, 0.25) is 0 Å². The number of aliphatic hydroxyl groups excluding tert-OH is 1. The molecule has 1 N–H and O–H groups in total. The molecule has 0 amide bonds. The van der Waals surface area contributed by atoms with Crippen molar-refractivity contribution in [2.45, 2.75) is 45.3 Å². The maximum atomic E-state index is 10.8. The molecule has 19 heavy (non-hydrogen) atoms. The lowest BCUT2D eigenvalue weighted by atomic mass is 9.82. The first-order chi connectivity index (χ1) is 9.01. The predicted octanol–water partition coefficient (Wildman–Crippen LogP) is 2.63. The molecule has 0 aliphatic heterocycles. The summed E-state index contributed by atoms with van der Waals surface area (Å²) in [5, 5.41) is 10.8. The van der Waals surface area contributed by atoms with E-state index in [-0.39, 0.29) is 5.54 Å². The molecule has 0 spiro atoms. The molecular weight excluding hydrogens is 240 g/mol. The number of aliphatic hydroxyl groups is 1. The van der Waals surface area contributed by atoms with E-state index in [0.29, 0.717) is 12.4 Å². The lowest BCUT2D eigenvalue weighted by Crippen LogP contribution is -2.48. The van der Waals surface area contributed by atoms with Crippen LogP contribution in [0.3, 0.4) is 0 Å². The SMILES string of the molecule is CCOc1cncc(C(O)C(CC)(CC)N(C)C)c1. The van der Waals surface area contributed by atoms with E-state index in [2.05, 4.69) is 23.7 Å². The number of pyridine rings is 1. The van der Waals surface area contributed by atoms with Crippen LogP contribution < -0.4 is 4.74 Å². The van der Waals surface area contributed by atoms with E-state index >= 15 is 0 Å². The summed E-state index contributed by atoms with van der Waals surface area (Å²) in [5.41, 5.74) is 0.537. The van der Waals surface area contributed by atoms with Gasteiger partial charge in [-0.2, -0.15) is 0 Å². The second-order valence-electron chi connectivity index (χ2n) is 4.99. The third kappa shape index (κ3) is 3.25. The monoisotopic (exact) mass is 266 g/mol. The summed E-state index contributed by atoms with van der Waals surface area (Å²) < 4.78 is 5.45. The summed E-state index contributed by atoms with van der Waals surface area (Å²) in [6.45, 7) is 6.74. The molecule has 1 unspecified atom stereocenters. The van der Waals surface area contributed by atoms with Gasteiger partial charge in [-0.15, -0.1) is 0 Å². The Hall–Kier alpha value is -1.13. The molecule has 1 aromatic heterocycles. The Labute approximate surface area is 116 Å². The van der Waals surface area contributed by atoms with Crippen molar-refractivity contribution < 1.29 is 9.84 Å². The maximum absolute atomic E-state index is 10.8. The summed E-state index contributed by atoms with van der Waals surface area (Å²) in [6.07, 6.45) is 4.56. The standard InChI is InChI=1S/C15H26N2O2/c1-6-15(7-2,17(4)5)14(18)12-9-13(19-8-3)11-16-10-12/h9-11,14,18H,6-8H2,1-5H3. The molecule has 0 saturated heterocycles. The lowest BCUT2D eigenvalue weighted by Gasteiger charge is -2.42. The third-order valence-corrected chi connectivity index (χ3v) is 3.99. The third-order valence-electron chi connectivity index (χ3n) is 3.99. The van der Waals surface area contributed by atoms with Gasteiger partial charge in [-0.3, -0.25) is 4.98 Å². The van der Waals surface area contributed by atoms with Gasteiger partial charge in [-0.1, -0.05) is 13.8 Å². The zero-order chi connectivity index (χ0) is 14.5. The Morgan fingerprint density at radius 3 is 2.37 bits per heavy atom. The van der Waals surface area contributed by atoms with Crippen molar-refractivity contribution in [3.63, 3.8) is 0 Å². The molecule has 1 heterocycles. The van der Waals surface area contributed by atoms with Gasteiger partial charge in [0, 0.05) is 11.8 Å². The fraction of sp³-hybridized carbons (Fsp3) is 0.667. The number of rotatable bonds is 7. The Kier molecular flexibility index (Phi) is 5.76. The summed E-state index contributed by atoms with van der Waals surface area (Å²) in [5.74, 6) is 0.707. The highest BCUT2D eigenvalue weighted by Crippen LogP contribution is 2.36. The molecule has 4 heteroatoms. The second kappa shape index (κ2) is 6.87. The van der Waals surface area contributed by atoms with Gasteiger partial charge in [0.05, 0.1) is 24.4 Å². The average Bonchev–Trinajstić information content (AvgIpc) is 2.41. The van der Waals surface area contributed by atoms with Crippen LogP contribution in [-0.4, -0.2) is 41.2 Å². The van der Waals surface area contributed by atoms with Crippen molar-refractivity contribution in [2.24, 2.45) is 0 Å². The van der Waals surface area contributed by atoms with Crippen LogP contribution in [0.4, 0.5) is 0 Å². The largest absolute Gasteiger partial charge is 0.492 e. The minimum Gasteiger partial charge on any atom is -0.492 e. The minimum absolute atomic E-state index is 0.271. The van der Waals surface area contributed by atoms with E-state index in [0.717, 1.165) is 18.4 Å². The second-order valence-corrected chi connectivity index (χ2v) is 4.99. The zero-order valence-electron chi connectivity index (χ0n) is 12.7. The average molecular weight is 266 g/mol. The Morgan fingerprint density at radius 2 is 1.89 bits per heavy atom. The summed E-state index contributed by atoms with van der Waals surface area (Å²) in [6, 6.07) is 1.88. The smallest absolute Gasteiger partial charge is 0.137 e. The van der Waals surface area contributed by atoms with Gasteiger partial charge in [0.25, 0.3) is 0 Å². The highest BCUT2D eigenvalue weighted by atomic mass is 16.5. The van der Waals surface area contributed by atoms with Gasteiger partial charge in [0.1, 0.15) is 5.75 Å². The Balaban J connectivity index is 3.09. The summed E-state index contributed by atoms with van der Waals surface area (Å²) in [4.78, 5) is 6.26. The molecule has 0 bridgehead atoms.